The molecule has 3 rings (SSSR count). The molecule has 1 aromatic carbocycles. The van der Waals surface area contributed by atoms with Crippen LogP contribution in [0.2, 0.25) is 0 Å². The van der Waals surface area contributed by atoms with E-state index >= 15 is 0 Å². The first-order valence-corrected chi connectivity index (χ1v) is 8.76. The van der Waals surface area contributed by atoms with Crippen molar-refractivity contribution in [2.45, 2.75) is 13.5 Å². The highest BCUT2D eigenvalue weighted by Gasteiger charge is 2.23. The van der Waals surface area contributed by atoms with E-state index < -0.39 is 5.82 Å². The van der Waals surface area contributed by atoms with Crippen molar-refractivity contribution in [2.24, 2.45) is 5.92 Å². The number of piperazine rings is 1. The minimum atomic E-state index is -0.418. The third-order valence-electron chi connectivity index (χ3n) is 4.67. The molecular weight excluding hydrogens is 317 g/mol. The van der Waals surface area contributed by atoms with Gasteiger partial charge >= 0.3 is 0 Å². The van der Waals surface area contributed by atoms with Gasteiger partial charge in [0.25, 0.3) is 0 Å². The van der Waals surface area contributed by atoms with Crippen LogP contribution in [0.25, 0.3) is 0 Å². The van der Waals surface area contributed by atoms with Crippen LogP contribution >= 0.6 is 0 Å². The molecule has 0 amide bonds. The largest absolute Gasteiger partial charge is 0.300 e. The van der Waals surface area contributed by atoms with E-state index in [9.17, 15) is 9.18 Å². The van der Waals surface area contributed by atoms with Gasteiger partial charge in [-0.1, -0.05) is 37.3 Å². The molecule has 0 radical (unpaired) electrons. The molecule has 1 aromatic heterocycles. The Balaban J connectivity index is 1.46. The monoisotopic (exact) mass is 341 g/mol. The van der Waals surface area contributed by atoms with Crippen molar-refractivity contribution < 1.29 is 9.18 Å². The lowest BCUT2D eigenvalue weighted by atomic mass is 10.0. The van der Waals surface area contributed by atoms with E-state index in [1.165, 1.54) is 17.7 Å². The second-order valence-electron chi connectivity index (χ2n) is 6.69. The summed E-state index contributed by atoms with van der Waals surface area (Å²) in [4.78, 5) is 21.1. The molecule has 1 atom stereocenters. The molecule has 0 bridgehead atoms. The van der Waals surface area contributed by atoms with Crippen molar-refractivity contribution in [3.63, 3.8) is 0 Å². The highest BCUT2D eigenvalue weighted by Crippen LogP contribution is 2.13. The summed E-state index contributed by atoms with van der Waals surface area (Å²) in [6.45, 7) is 7.54. The van der Waals surface area contributed by atoms with Gasteiger partial charge in [-0.2, -0.15) is 0 Å². The van der Waals surface area contributed by atoms with Crippen LogP contribution in [0, 0.1) is 11.7 Å². The van der Waals surface area contributed by atoms with Crippen LogP contribution in [-0.2, 0) is 6.54 Å². The summed E-state index contributed by atoms with van der Waals surface area (Å²) >= 11 is 0. The maximum atomic E-state index is 12.9. The number of hydrogen-bond donors (Lipinski definition) is 0. The summed E-state index contributed by atoms with van der Waals surface area (Å²) in [6.07, 6.45) is 1.10. The van der Waals surface area contributed by atoms with E-state index in [1.54, 1.807) is 0 Å². The Kier molecular flexibility index (Phi) is 5.89. The lowest BCUT2D eigenvalue weighted by molar-refractivity contribution is 0.0821. The molecule has 1 aliphatic rings. The fourth-order valence-electron chi connectivity index (χ4n) is 3.22. The molecule has 1 unspecified atom stereocenters. The third kappa shape index (κ3) is 4.94. The molecule has 2 aromatic rings. The van der Waals surface area contributed by atoms with Gasteiger partial charge in [0.2, 0.25) is 0 Å². The van der Waals surface area contributed by atoms with Gasteiger partial charge in [-0.15, -0.1) is 0 Å². The van der Waals surface area contributed by atoms with E-state index in [-0.39, 0.29) is 11.7 Å². The quantitative estimate of drug-likeness (QED) is 0.757. The molecule has 1 saturated heterocycles. The molecule has 2 heterocycles. The Hall–Kier alpha value is -2.11. The van der Waals surface area contributed by atoms with Crippen LogP contribution in [-0.4, -0.2) is 53.3 Å². The molecular formula is C20H24FN3O. The average molecular weight is 341 g/mol. The van der Waals surface area contributed by atoms with Crippen molar-refractivity contribution >= 4 is 5.78 Å². The number of aromatic nitrogens is 1. The van der Waals surface area contributed by atoms with Crippen LogP contribution in [0.3, 0.4) is 0 Å². The van der Waals surface area contributed by atoms with E-state index in [0.717, 1.165) is 45.5 Å². The zero-order valence-corrected chi connectivity index (χ0v) is 14.6. The Bertz CT molecular complexity index is 682. The number of halogens is 1. The van der Waals surface area contributed by atoms with Gasteiger partial charge in [-0.3, -0.25) is 14.7 Å². The Morgan fingerprint density at radius 2 is 1.76 bits per heavy atom. The van der Waals surface area contributed by atoms with E-state index in [4.69, 9.17) is 0 Å². The molecule has 1 aliphatic heterocycles. The topological polar surface area (TPSA) is 36.4 Å². The molecule has 0 spiro atoms. The van der Waals surface area contributed by atoms with Crippen LogP contribution < -0.4 is 0 Å². The first-order valence-electron chi connectivity index (χ1n) is 8.76. The number of rotatable bonds is 6. The number of hydrogen-bond acceptors (Lipinski definition) is 4. The smallest absolute Gasteiger partial charge is 0.185 e. The highest BCUT2D eigenvalue weighted by atomic mass is 19.1. The Morgan fingerprint density at radius 3 is 2.40 bits per heavy atom. The minimum absolute atomic E-state index is 0.0216. The average Bonchev–Trinajstić information content (AvgIpc) is 2.64. The van der Waals surface area contributed by atoms with Gasteiger partial charge in [0, 0.05) is 45.2 Å². The van der Waals surface area contributed by atoms with Gasteiger partial charge in [-0.05, 0) is 17.7 Å². The first-order chi connectivity index (χ1) is 12.1. The molecule has 0 saturated carbocycles. The molecule has 25 heavy (non-hydrogen) atoms. The standard InChI is InChI=1S/C20H24FN3O/c1-16(20(25)19-8-7-18(21)13-22-19)14-23-9-11-24(12-10-23)15-17-5-3-2-4-6-17/h2-8,13,16H,9-12,14-15H2,1H3. The lowest BCUT2D eigenvalue weighted by Crippen LogP contribution is -2.47. The van der Waals surface area contributed by atoms with Crippen LogP contribution in [0.5, 0.6) is 0 Å². The second-order valence-corrected chi connectivity index (χ2v) is 6.69. The van der Waals surface area contributed by atoms with Gasteiger partial charge in [0.1, 0.15) is 11.5 Å². The maximum Gasteiger partial charge on any atom is 0.185 e. The summed E-state index contributed by atoms with van der Waals surface area (Å²) in [5.41, 5.74) is 1.68. The van der Waals surface area contributed by atoms with E-state index in [1.807, 2.05) is 13.0 Å². The van der Waals surface area contributed by atoms with Crippen molar-refractivity contribution in [1.82, 2.24) is 14.8 Å². The summed E-state index contributed by atoms with van der Waals surface area (Å²) in [6, 6.07) is 13.2. The number of ketones is 1. The van der Waals surface area contributed by atoms with Crippen molar-refractivity contribution in [3.8, 4) is 0 Å². The van der Waals surface area contributed by atoms with E-state index in [0.29, 0.717) is 5.69 Å². The van der Waals surface area contributed by atoms with Gasteiger partial charge in [-0.25, -0.2) is 4.39 Å². The van der Waals surface area contributed by atoms with Crippen molar-refractivity contribution in [2.75, 3.05) is 32.7 Å². The Morgan fingerprint density at radius 1 is 1.08 bits per heavy atom. The molecule has 1 fully saturated rings. The summed E-state index contributed by atoms with van der Waals surface area (Å²) < 4.78 is 12.9. The molecule has 132 valence electrons. The number of nitrogens with zero attached hydrogens (tertiary/aromatic N) is 3. The van der Waals surface area contributed by atoms with Crippen LogP contribution in [0.4, 0.5) is 4.39 Å². The van der Waals surface area contributed by atoms with Crippen molar-refractivity contribution in [3.05, 3.63) is 65.7 Å². The number of Topliss-reactive ketones (excluding diaryl/α,β-unsaturated/α-hetero) is 1. The molecule has 4 nitrogen and oxygen atoms in total. The number of carbonyl (C=O) groups is 1. The van der Waals surface area contributed by atoms with Crippen LogP contribution in [0.1, 0.15) is 23.0 Å². The van der Waals surface area contributed by atoms with Crippen LogP contribution in [0.15, 0.2) is 48.7 Å². The zero-order chi connectivity index (χ0) is 17.6. The summed E-state index contributed by atoms with van der Waals surface area (Å²) in [5, 5.41) is 0. The van der Waals surface area contributed by atoms with Gasteiger partial charge in [0.05, 0.1) is 6.20 Å². The highest BCUT2D eigenvalue weighted by molar-refractivity contribution is 5.95. The molecule has 0 N–H and O–H groups in total. The van der Waals surface area contributed by atoms with Gasteiger partial charge < -0.3 is 4.90 Å². The Labute approximate surface area is 148 Å². The molecule has 5 heteroatoms. The van der Waals surface area contributed by atoms with Crippen molar-refractivity contribution in [1.29, 1.82) is 0 Å². The predicted molar refractivity (Wildman–Crippen MR) is 95.8 cm³/mol. The third-order valence-corrected chi connectivity index (χ3v) is 4.67. The lowest BCUT2D eigenvalue weighted by Gasteiger charge is -2.35. The molecule has 0 aliphatic carbocycles. The SMILES string of the molecule is CC(CN1CCN(Cc2ccccc2)CC1)C(=O)c1ccc(F)cn1. The fraction of sp³-hybridized carbons (Fsp3) is 0.400. The predicted octanol–water partition coefficient (Wildman–Crippen LogP) is 2.86. The first kappa shape index (κ1) is 17.7. The number of pyridine rings is 1. The second kappa shape index (κ2) is 8.32. The number of benzene rings is 1. The van der Waals surface area contributed by atoms with Gasteiger partial charge in [0.15, 0.2) is 5.78 Å². The minimum Gasteiger partial charge on any atom is -0.300 e. The zero-order valence-electron chi connectivity index (χ0n) is 14.6. The normalized spacial score (nSPS) is 17.4. The number of carbonyl (C=O) groups excluding carboxylic acids is 1. The summed E-state index contributed by atoms with van der Waals surface area (Å²) in [5.74, 6) is -0.580. The van der Waals surface area contributed by atoms with E-state index in [2.05, 4.69) is 39.0 Å². The fourth-order valence-corrected chi connectivity index (χ4v) is 3.22. The summed E-state index contributed by atoms with van der Waals surface area (Å²) in [7, 11) is 0. The maximum absolute atomic E-state index is 12.9.